The second kappa shape index (κ2) is 5.58. The Morgan fingerprint density at radius 2 is 1.96 bits per heavy atom. The summed E-state index contributed by atoms with van der Waals surface area (Å²) in [6.07, 6.45) is 1.77. The number of nitrogen functional groups attached to an aromatic ring is 1. The van der Waals surface area contributed by atoms with Gasteiger partial charge in [0.1, 0.15) is 5.75 Å². The number of thiazole rings is 1. The molecule has 0 aliphatic carbocycles. The van der Waals surface area contributed by atoms with Gasteiger partial charge in [-0.25, -0.2) is 4.98 Å². The molecule has 0 saturated heterocycles. The summed E-state index contributed by atoms with van der Waals surface area (Å²) in [6, 6.07) is 7.25. The highest BCUT2D eigenvalue weighted by Gasteiger charge is 2.28. The first-order valence-corrected chi connectivity index (χ1v) is 9.25. The number of rotatable bonds is 1. The van der Waals surface area contributed by atoms with Crippen LogP contribution in [0.4, 0.5) is 10.8 Å². The van der Waals surface area contributed by atoms with Crippen LogP contribution < -0.4 is 11.1 Å². The number of amides is 1. The highest BCUT2D eigenvalue weighted by Crippen LogP contribution is 2.41. The molecule has 8 heteroatoms. The average molecular weight is 467 g/mol. The van der Waals surface area contributed by atoms with Gasteiger partial charge in [-0.15, -0.1) is 0 Å². The lowest BCUT2D eigenvalue weighted by Gasteiger charge is -2.04. The molecule has 0 atom stereocenters. The van der Waals surface area contributed by atoms with Gasteiger partial charge in [-0.1, -0.05) is 11.3 Å². The van der Waals surface area contributed by atoms with E-state index < -0.39 is 0 Å². The van der Waals surface area contributed by atoms with Gasteiger partial charge in [-0.05, 0) is 67.8 Å². The zero-order valence-electron chi connectivity index (χ0n) is 11.9. The third-order valence-corrected chi connectivity index (χ3v) is 5.75. The van der Waals surface area contributed by atoms with Gasteiger partial charge >= 0.3 is 0 Å². The fourth-order valence-corrected chi connectivity index (χ4v) is 4.63. The van der Waals surface area contributed by atoms with E-state index in [0.29, 0.717) is 19.7 Å². The van der Waals surface area contributed by atoms with Crippen LogP contribution in [0.3, 0.4) is 0 Å². The predicted molar refractivity (Wildman–Crippen MR) is 104 cm³/mol. The molecule has 0 spiro atoms. The lowest BCUT2D eigenvalue weighted by Crippen LogP contribution is -2.03. The molecule has 120 valence electrons. The maximum Gasteiger partial charge on any atom is 0.256 e. The van der Waals surface area contributed by atoms with E-state index in [1.165, 1.54) is 11.3 Å². The molecule has 1 aliphatic heterocycles. The number of halogens is 2. The Bertz CT molecular complexity index is 1040. The monoisotopic (exact) mass is 465 g/mol. The minimum absolute atomic E-state index is 0.114. The van der Waals surface area contributed by atoms with Crippen molar-refractivity contribution in [2.45, 2.75) is 0 Å². The van der Waals surface area contributed by atoms with Crippen molar-refractivity contribution in [1.82, 2.24) is 4.98 Å². The SMILES string of the molecule is Nc1nc2c3c(ccc2s1)NC(=O)C3=Cc1cc(Br)c(O)c(Br)c1. The zero-order chi connectivity index (χ0) is 17.0. The highest BCUT2D eigenvalue weighted by atomic mass is 79.9. The molecular formula is C16H9Br2N3O2S. The Morgan fingerprint density at radius 1 is 1.25 bits per heavy atom. The number of phenols is 1. The number of aromatic hydroxyl groups is 1. The first-order valence-electron chi connectivity index (χ1n) is 6.84. The van der Waals surface area contributed by atoms with Crippen LogP contribution in [0.2, 0.25) is 0 Å². The fourth-order valence-electron chi connectivity index (χ4n) is 2.66. The number of anilines is 2. The van der Waals surface area contributed by atoms with Gasteiger partial charge in [0.15, 0.2) is 5.13 Å². The molecule has 0 fully saturated rings. The third-order valence-electron chi connectivity index (χ3n) is 3.69. The van der Waals surface area contributed by atoms with E-state index in [-0.39, 0.29) is 11.7 Å². The average Bonchev–Trinajstić information content (AvgIpc) is 3.04. The number of nitrogens with two attached hydrogens (primary N) is 1. The predicted octanol–water partition coefficient (Wildman–Crippen LogP) is 4.60. The largest absolute Gasteiger partial charge is 0.506 e. The van der Waals surface area contributed by atoms with Crippen LogP contribution in [0, 0.1) is 0 Å². The van der Waals surface area contributed by atoms with Gasteiger partial charge in [-0.3, -0.25) is 4.79 Å². The Kier molecular flexibility index (Phi) is 3.63. The number of carbonyl (C=O) groups is 1. The number of nitrogens with one attached hydrogen (secondary N) is 1. The fraction of sp³-hybridized carbons (Fsp3) is 0. The maximum absolute atomic E-state index is 12.4. The van der Waals surface area contributed by atoms with Gasteiger partial charge in [0.05, 0.1) is 30.4 Å². The maximum atomic E-state index is 12.4. The van der Waals surface area contributed by atoms with Crippen molar-refractivity contribution in [3.63, 3.8) is 0 Å². The van der Waals surface area contributed by atoms with Crippen LogP contribution in [0.5, 0.6) is 5.75 Å². The molecule has 0 radical (unpaired) electrons. The Morgan fingerprint density at radius 3 is 2.67 bits per heavy atom. The summed E-state index contributed by atoms with van der Waals surface area (Å²) in [6.45, 7) is 0. The summed E-state index contributed by atoms with van der Waals surface area (Å²) in [5, 5.41) is 13.1. The summed E-state index contributed by atoms with van der Waals surface area (Å²) < 4.78 is 2.01. The number of carbonyl (C=O) groups excluding carboxylic acids is 1. The van der Waals surface area contributed by atoms with Crippen molar-refractivity contribution in [3.05, 3.63) is 44.3 Å². The molecule has 1 aromatic heterocycles. The summed E-state index contributed by atoms with van der Waals surface area (Å²) >= 11 is 7.99. The minimum Gasteiger partial charge on any atom is -0.506 e. The van der Waals surface area contributed by atoms with Crippen molar-refractivity contribution in [2.24, 2.45) is 0 Å². The zero-order valence-corrected chi connectivity index (χ0v) is 15.9. The lowest BCUT2D eigenvalue weighted by atomic mass is 10.0. The van der Waals surface area contributed by atoms with E-state index in [4.69, 9.17) is 5.73 Å². The van der Waals surface area contributed by atoms with Crippen molar-refractivity contribution in [2.75, 3.05) is 11.1 Å². The minimum atomic E-state index is -0.190. The standard InChI is InChI=1S/C16H9Br2N3O2S/c17-8-4-6(5-9(18)14(8)22)3-7-12-10(20-15(7)23)1-2-11-13(12)21-16(19)24-11/h1-5,22H,(H2,19,21)(H,20,23). The molecule has 2 heterocycles. The molecule has 1 aliphatic rings. The normalized spacial score (nSPS) is 15.1. The molecule has 0 bridgehead atoms. The van der Waals surface area contributed by atoms with Gasteiger partial charge in [-0.2, -0.15) is 0 Å². The van der Waals surface area contributed by atoms with Crippen LogP contribution in [-0.4, -0.2) is 16.0 Å². The number of phenolic OH excluding ortho intramolecular Hbond substituents is 1. The molecular weight excluding hydrogens is 458 g/mol. The number of nitrogens with zero attached hydrogens (tertiary/aromatic N) is 1. The van der Waals surface area contributed by atoms with Crippen molar-refractivity contribution < 1.29 is 9.90 Å². The second-order valence-electron chi connectivity index (χ2n) is 5.23. The Hall–Kier alpha value is -1.90. The van der Waals surface area contributed by atoms with E-state index in [1.807, 2.05) is 12.1 Å². The summed E-state index contributed by atoms with van der Waals surface area (Å²) in [4.78, 5) is 16.8. The number of hydrogen-bond donors (Lipinski definition) is 3. The quantitative estimate of drug-likeness (QED) is 0.457. The molecule has 3 aromatic rings. The van der Waals surface area contributed by atoms with Gasteiger partial charge < -0.3 is 16.2 Å². The molecule has 5 nitrogen and oxygen atoms in total. The van der Waals surface area contributed by atoms with Crippen LogP contribution in [-0.2, 0) is 4.79 Å². The highest BCUT2D eigenvalue weighted by molar-refractivity contribution is 9.11. The molecule has 1 amide bonds. The van der Waals surface area contributed by atoms with Crippen LogP contribution in [0.15, 0.2) is 33.2 Å². The Labute approximate surface area is 157 Å². The number of aromatic nitrogens is 1. The number of hydrogen-bond acceptors (Lipinski definition) is 5. The molecule has 0 saturated carbocycles. The van der Waals surface area contributed by atoms with Crippen LogP contribution >= 0.6 is 43.2 Å². The van der Waals surface area contributed by atoms with Crippen LogP contribution in [0.25, 0.3) is 21.9 Å². The van der Waals surface area contributed by atoms with Gasteiger partial charge in [0.25, 0.3) is 5.91 Å². The second-order valence-corrected chi connectivity index (χ2v) is 8.00. The van der Waals surface area contributed by atoms with E-state index in [2.05, 4.69) is 42.2 Å². The van der Waals surface area contributed by atoms with Crippen molar-refractivity contribution in [1.29, 1.82) is 0 Å². The number of benzene rings is 2. The smallest absolute Gasteiger partial charge is 0.256 e. The summed E-state index contributed by atoms with van der Waals surface area (Å²) in [5.41, 5.74) is 9.30. The first-order chi connectivity index (χ1) is 11.4. The van der Waals surface area contributed by atoms with Crippen molar-refractivity contribution in [3.8, 4) is 5.75 Å². The van der Waals surface area contributed by atoms with E-state index >= 15 is 0 Å². The number of fused-ring (bicyclic) bond motifs is 3. The summed E-state index contributed by atoms with van der Waals surface area (Å²) in [7, 11) is 0. The lowest BCUT2D eigenvalue weighted by molar-refractivity contribution is -0.110. The first kappa shape index (κ1) is 15.6. The van der Waals surface area contributed by atoms with E-state index in [0.717, 1.165) is 27.0 Å². The summed E-state index contributed by atoms with van der Waals surface area (Å²) in [5.74, 6) is -0.0764. The third kappa shape index (κ3) is 2.42. The molecule has 0 unspecified atom stereocenters. The molecule has 24 heavy (non-hydrogen) atoms. The Balaban J connectivity index is 1.95. The van der Waals surface area contributed by atoms with Gasteiger partial charge in [0, 0.05) is 5.56 Å². The van der Waals surface area contributed by atoms with E-state index in [9.17, 15) is 9.90 Å². The van der Waals surface area contributed by atoms with E-state index in [1.54, 1.807) is 18.2 Å². The molecule has 2 aromatic carbocycles. The van der Waals surface area contributed by atoms with Gasteiger partial charge in [0.2, 0.25) is 0 Å². The van der Waals surface area contributed by atoms with Crippen LogP contribution in [0.1, 0.15) is 11.1 Å². The van der Waals surface area contributed by atoms with Crippen molar-refractivity contribution >= 4 is 81.8 Å². The molecule has 4 N–H and O–H groups in total. The molecule has 4 rings (SSSR count). The topological polar surface area (TPSA) is 88.2 Å².